The summed E-state index contributed by atoms with van der Waals surface area (Å²) in [7, 11) is 0. The Morgan fingerprint density at radius 3 is 2.70 bits per heavy atom. The fourth-order valence-corrected chi connectivity index (χ4v) is 3.26. The van der Waals surface area contributed by atoms with Crippen molar-refractivity contribution < 1.29 is 29.0 Å². The minimum Gasteiger partial charge on any atom is -0.477 e. The zero-order chi connectivity index (χ0) is 14.9. The van der Waals surface area contributed by atoms with Gasteiger partial charge in [-0.05, 0) is 6.92 Å². The molecule has 0 unspecified atom stereocenters. The molecule has 2 aliphatic heterocycles. The SMILES string of the molecule is CC(=O)CC(=O)OCC1=C(C(=O)O)N2C(=O)C[C@@H]2SC1. The number of hydrogen-bond donors (Lipinski definition) is 1. The molecule has 0 spiro atoms. The van der Waals surface area contributed by atoms with Crippen LogP contribution < -0.4 is 0 Å². The van der Waals surface area contributed by atoms with Gasteiger partial charge < -0.3 is 9.84 Å². The number of amides is 1. The summed E-state index contributed by atoms with van der Waals surface area (Å²) in [6, 6.07) is 0. The molecule has 1 amide bonds. The topological polar surface area (TPSA) is 101 Å². The molecule has 20 heavy (non-hydrogen) atoms. The molecule has 1 atom stereocenters. The summed E-state index contributed by atoms with van der Waals surface area (Å²) in [5.74, 6) is -2.08. The zero-order valence-electron chi connectivity index (χ0n) is 10.7. The van der Waals surface area contributed by atoms with Crippen molar-refractivity contribution in [2.24, 2.45) is 0 Å². The van der Waals surface area contributed by atoms with E-state index < -0.39 is 11.9 Å². The highest BCUT2D eigenvalue weighted by Gasteiger charge is 2.45. The summed E-state index contributed by atoms with van der Waals surface area (Å²) in [5, 5.41) is 9.07. The van der Waals surface area contributed by atoms with Crippen molar-refractivity contribution >= 4 is 35.4 Å². The molecule has 2 heterocycles. The van der Waals surface area contributed by atoms with E-state index in [0.29, 0.717) is 17.7 Å². The van der Waals surface area contributed by atoms with Crippen molar-refractivity contribution in [3.05, 3.63) is 11.3 Å². The molecule has 0 aromatic rings. The number of β-lactam (4-membered cyclic amide) rings is 1. The van der Waals surface area contributed by atoms with Crippen molar-refractivity contribution in [1.29, 1.82) is 0 Å². The number of carboxylic acids is 1. The second kappa shape index (κ2) is 5.66. The number of fused-ring (bicyclic) bond motifs is 1. The van der Waals surface area contributed by atoms with Crippen LogP contribution in [0.15, 0.2) is 11.3 Å². The highest BCUT2D eigenvalue weighted by Crippen LogP contribution is 2.39. The molecule has 2 aliphatic rings. The molecule has 0 aliphatic carbocycles. The molecular formula is C12H13NO6S. The fourth-order valence-electron chi connectivity index (χ4n) is 2.01. The van der Waals surface area contributed by atoms with Crippen molar-refractivity contribution in [2.75, 3.05) is 12.4 Å². The minimum atomic E-state index is -1.21. The highest BCUT2D eigenvalue weighted by molar-refractivity contribution is 8.00. The zero-order valence-corrected chi connectivity index (χ0v) is 11.6. The van der Waals surface area contributed by atoms with Crippen molar-refractivity contribution in [3.8, 4) is 0 Å². The maximum Gasteiger partial charge on any atom is 0.352 e. The fraction of sp³-hybridized carbons (Fsp3) is 0.500. The Balaban J connectivity index is 2.09. The van der Waals surface area contributed by atoms with E-state index in [1.807, 2.05) is 0 Å². The standard InChI is InChI=1S/C12H13NO6S/c1-6(14)2-10(16)19-4-7-5-20-9-3-8(15)13(9)11(7)12(17)18/h9H,2-5H2,1H3,(H,17,18)/t9-/m0/s1. The van der Waals surface area contributed by atoms with E-state index in [4.69, 9.17) is 4.74 Å². The third-order valence-electron chi connectivity index (χ3n) is 2.93. The van der Waals surface area contributed by atoms with Crippen LogP contribution in [0.2, 0.25) is 0 Å². The predicted molar refractivity (Wildman–Crippen MR) is 68.6 cm³/mol. The second-order valence-corrected chi connectivity index (χ2v) is 5.70. The van der Waals surface area contributed by atoms with Gasteiger partial charge in [-0.15, -0.1) is 11.8 Å². The number of ketones is 1. The first-order chi connectivity index (χ1) is 9.40. The van der Waals surface area contributed by atoms with Gasteiger partial charge >= 0.3 is 11.9 Å². The molecule has 108 valence electrons. The first-order valence-corrected chi connectivity index (χ1v) is 6.99. The number of thioether (sulfide) groups is 1. The predicted octanol–water partition coefficient (Wildman–Crippen LogP) is 0.153. The summed E-state index contributed by atoms with van der Waals surface area (Å²) in [6.07, 6.45) is -0.00700. The van der Waals surface area contributed by atoms with E-state index in [9.17, 15) is 24.3 Å². The van der Waals surface area contributed by atoms with E-state index in [1.54, 1.807) is 0 Å². The molecule has 1 saturated heterocycles. The smallest absolute Gasteiger partial charge is 0.352 e. The van der Waals surface area contributed by atoms with Gasteiger partial charge in [-0.2, -0.15) is 0 Å². The Bertz CT molecular complexity index is 526. The molecule has 0 bridgehead atoms. The lowest BCUT2D eigenvalue weighted by molar-refractivity contribution is -0.147. The molecule has 0 aromatic heterocycles. The van der Waals surface area contributed by atoms with Crippen LogP contribution in [0, 0.1) is 0 Å². The van der Waals surface area contributed by atoms with Crippen molar-refractivity contribution in [1.82, 2.24) is 4.90 Å². The number of ether oxygens (including phenoxy) is 1. The second-order valence-electron chi connectivity index (χ2n) is 4.53. The molecule has 0 aromatic carbocycles. The van der Waals surface area contributed by atoms with Gasteiger partial charge in [0.1, 0.15) is 24.5 Å². The van der Waals surface area contributed by atoms with E-state index in [1.165, 1.54) is 23.6 Å². The van der Waals surface area contributed by atoms with Gasteiger partial charge in [0.15, 0.2) is 0 Å². The van der Waals surface area contributed by atoms with Gasteiger partial charge in [-0.1, -0.05) is 0 Å². The lowest BCUT2D eigenvalue weighted by Crippen LogP contribution is -2.54. The van der Waals surface area contributed by atoms with Crippen LogP contribution in [0.25, 0.3) is 0 Å². The molecule has 0 radical (unpaired) electrons. The van der Waals surface area contributed by atoms with Crippen LogP contribution in [0.1, 0.15) is 19.8 Å². The number of nitrogens with zero attached hydrogens (tertiary/aromatic N) is 1. The molecule has 7 nitrogen and oxygen atoms in total. The largest absolute Gasteiger partial charge is 0.477 e. The lowest BCUT2D eigenvalue weighted by Gasteiger charge is -2.43. The molecule has 0 saturated carbocycles. The minimum absolute atomic E-state index is 0.0966. The number of Topliss-reactive ketones (excluding diaryl/α,β-unsaturated/α-hetero) is 1. The lowest BCUT2D eigenvalue weighted by atomic mass is 10.1. The molecule has 2 rings (SSSR count). The summed E-state index contributed by atoms with van der Waals surface area (Å²) < 4.78 is 4.88. The van der Waals surface area contributed by atoms with Crippen LogP contribution >= 0.6 is 11.8 Å². The average molecular weight is 299 g/mol. The summed E-state index contributed by atoms with van der Waals surface area (Å²) in [4.78, 5) is 46.0. The van der Waals surface area contributed by atoms with E-state index in [-0.39, 0.29) is 35.8 Å². The normalized spacial score (nSPS) is 21.1. The number of aliphatic carboxylic acids is 1. The Kier molecular flexibility index (Phi) is 4.12. The van der Waals surface area contributed by atoms with Gasteiger partial charge in [0.25, 0.3) is 0 Å². The number of hydrogen-bond acceptors (Lipinski definition) is 6. The van der Waals surface area contributed by atoms with E-state index in [0.717, 1.165) is 0 Å². The van der Waals surface area contributed by atoms with Crippen LogP contribution in [0.3, 0.4) is 0 Å². The maximum atomic E-state index is 11.5. The van der Waals surface area contributed by atoms with Crippen LogP contribution in [0.5, 0.6) is 0 Å². The number of carbonyl (C=O) groups excluding carboxylic acids is 3. The van der Waals surface area contributed by atoms with Crippen LogP contribution in [-0.4, -0.2) is 51.4 Å². The third kappa shape index (κ3) is 2.84. The average Bonchev–Trinajstić information content (AvgIpc) is 2.34. The number of carbonyl (C=O) groups is 4. The molecular weight excluding hydrogens is 286 g/mol. The summed E-state index contributed by atoms with van der Waals surface area (Å²) in [6.45, 7) is 1.06. The van der Waals surface area contributed by atoms with Crippen LogP contribution in [-0.2, 0) is 23.9 Å². The maximum absolute atomic E-state index is 11.5. The van der Waals surface area contributed by atoms with E-state index in [2.05, 4.69) is 0 Å². The Labute approximate surface area is 118 Å². The van der Waals surface area contributed by atoms with Crippen molar-refractivity contribution in [3.63, 3.8) is 0 Å². The van der Waals surface area contributed by atoms with Gasteiger partial charge in [-0.3, -0.25) is 19.3 Å². The number of carboxylic acid groups (broad SMARTS) is 1. The molecule has 8 heteroatoms. The third-order valence-corrected chi connectivity index (χ3v) is 4.21. The highest BCUT2D eigenvalue weighted by atomic mass is 32.2. The summed E-state index contributed by atoms with van der Waals surface area (Å²) in [5.41, 5.74) is 0.282. The van der Waals surface area contributed by atoms with Crippen molar-refractivity contribution in [2.45, 2.75) is 25.1 Å². The van der Waals surface area contributed by atoms with Gasteiger partial charge in [0.05, 0.1) is 11.8 Å². The Morgan fingerprint density at radius 2 is 2.15 bits per heavy atom. The quantitative estimate of drug-likeness (QED) is 0.438. The van der Waals surface area contributed by atoms with Gasteiger partial charge in [-0.25, -0.2) is 4.79 Å². The van der Waals surface area contributed by atoms with Gasteiger partial charge in [0, 0.05) is 11.3 Å². The number of esters is 1. The Hall–Kier alpha value is -1.83. The first kappa shape index (κ1) is 14.6. The van der Waals surface area contributed by atoms with Gasteiger partial charge in [0.2, 0.25) is 5.91 Å². The van der Waals surface area contributed by atoms with Crippen LogP contribution in [0.4, 0.5) is 0 Å². The molecule has 1 N–H and O–H groups in total. The number of rotatable bonds is 5. The first-order valence-electron chi connectivity index (χ1n) is 5.94. The monoisotopic (exact) mass is 299 g/mol. The summed E-state index contributed by atoms with van der Waals surface area (Å²) >= 11 is 1.44. The molecule has 1 fully saturated rings. The Morgan fingerprint density at radius 1 is 1.45 bits per heavy atom. The van der Waals surface area contributed by atoms with E-state index >= 15 is 0 Å².